The normalized spacial score (nSPS) is 27.1. The standard InChI is InChI=1S/C14H21NO/c1-14(2)11-8-6-5-7-10(11)13(16)12(14)9-15(3)4/h5-8,12-13,16H,9H2,1-4H3. The maximum Gasteiger partial charge on any atom is 0.0841 e. The van der Waals surface area contributed by atoms with Gasteiger partial charge in [-0.25, -0.2) is 0 Å². The summed E-state index contributed by atoms with van der Waals surface area (Å²) in [5.74, 6) is 0.278. The predicted molar refractivity (Wildman–Crippen MR) is 66.5 cm³/mol. The molecule has 1 aromatic carbocycles. The third-order valence-electron chi connectivity index (χ3n) is 3.84. The van der Waals surface area contributed by atoms with E-state index in [0.29, 0.717) is 0 Å². The van der Waals surface area contributed by atoms with E-state index in [-0.39, 0.29) is 17.4 Å². The molecule has 0 fully saturated rings. The van der Waals surface area contributed by atoms with Crippen molar-refractivity contribution < 1.29 is 5.11 Å². The summed E-state index contributed by atoms with van der Waals surface area (Å²) in [5, 5.41) is 10.4. The van der Waals surface area contributed by atoms with E-state index < -0.39 is 0 Å². The maximum atomic E-state index is 10.4. The van der Waals surface area contributed by atoms with Gasteiger partial charge >= 0.3 is 0 Å². The Morgan fingerprint density at radius 2 is 1.88 bits per heavy atom. The number of fused-ring (bicyclic) bond motifs is 1. The van der Waals surface area contributed by atoms with Gasteiger partial charge in [0.25, 0.3) is 0 Å². The Labute approximate surface area is 97.9 Å². The second-order valence-electron chi connectivity index (χ2n) is 5.62. The monoisotopic (exact) mass is 219 g/mol. The van der Waals surface area contributed by atoms with Crippen LogP contribution in [-0.2, 0) is 5.41 Å². The minimum Gasteiger partial charge on any atom is -0.388 e. The Hall–Kier alpha value is -0.860. The van der Waals surface area contributed by atoms with Crippen molar-refractivity contribution in [3.63, 3.8) is 0 Å². The van der Waals surface area contributed by atoms with Crippen molar-refractivity contribution in [2.45, 2.75) is 25.4 Å². The quantitative estimate of drug-likeness (QED) is 0.824. The highest BCUT2D eigenvalue weighted by atomic mass is 16.3. The third kappa shape index (κ3) is 1.66. The van der Waals surface area contributed by atoms with Gasteiger partial charge in [0.1, 0.15) is 0 Å². The zero-order chi connectivity index (χ0) is 11.9. The van der Waals surface area contributed by atoms with Crippen LogP contribution in [0.4, 0.5) is 0 Å². The molecule has 1 aromatic rings. The number of hydrogen-bond donors (Lipinski definition) is 1. The topological polar surface area (TPSA) is 23.5 Å². The molecule has 0 aromatic heterocycles. The van der Waals surface area contributed by atoms with Crippen molar-refractivity contribution >= 4 is 0 Å². The zero-order valence-corrected chi connectivity index (χ0v) is 10.6. The molecule has 0 saturated heterocycles. The Balaban J connectivity index is 2.40. The first kappa shape index (κ1) is 11.6. The highest BCUT2D eigenvalue weighted by molar-refractivity contribution is 5.41. The number of rotatable bonds is 2. The first-order chi connectivity index (χ1) is 7.44. The number of nitrogens with zero attached hydrogens (tertiary/aromatic N) is 1. The Kier molecular flexibility index (Phi) is 2.81. The molecular weight excluding hydrogens is 198 g/mol. The second kappa shape index (κ2) is 3.86. The molecule has 0 heterocycles. The summed E-state index contributed by atoms with van der Waals surface area (Å²) in [6.07, 6.45) is -0.325. The summed E-state index contributed by atoms with van der Waals surface area (Å²) in [6.45, 7) is 5.38. The van der Waals surface area contributed by atoms with Crippen molar-refractivity contribution in [3.8, 4) is 0 Å². The van der Waals surface area contributed by atoms with Gasteiger partial charge in [-0.05, 0) is 30.6 Å². The molecule has 2 unspecified atom stereocenters. The summed E-state index contributed by atoms with van der Waals surface area (Å²) < 4.78 is 0. The molecule has 88 valence electrons. The highest BCUT2D eigenvalue weighted by Crippen LogP contribution is 2.49. The largest absolute Gasteiger partial charge is 0.388 e. The SMILES string of the molecule is CN(C)CC1C(O)c2ccccc2C1(C)C. The van der Waals surface area contributed by atoms with Crippen molar-refractivity contribution in [3.05, 3.63) is 35.4 Å². The average Bonchev–Trinajstić information content (AvgIpc) is 2.41. The first-order valence-electron chi connectivity index (χ1n) is 5.87. The Bertz CT molecular complexity index is 384. The minimum absolute atomic E-state index is 0.0558. The molecule has 0 bridgehead atoms. The number of aliphatic hydroxyl groups excluding tert-OH is 1. The van der Waals surface area contributed by atoms with Crippen LogP contribution in [-0.4, -0.2) is 30.6 Å². The van der Waals surface area contributed by atoms with Crippen LogP contribution in [0, 0.1) is 5.92 Å². The molecule has 0 spiro atoms. The van der Waals surface area contributed by atoms with Gasteiger partial charge in [0.15, 0.2) is 0 Å². The number of hydrogen-bond acceptors (Lipinski definition) is 2. The van der Waals surface area contributed by atoms with Crippen LogP contribution in [0.5, 0.6) is 0 Å². The van der Waals surface area contributed by atoms with Crippen LogP contribution in [0.1, 0.15) is 31.1 Å². The Morgan fingerprint density at radius 3 is 2.44 bits per heavy atom. The van der Waals surface area contributed by atoms with Gasteiger partial charge in [0, 0.05) is 12.5 Å². The fourth-order valence-electron chi connectivity index (χ4n) is 2.87. The molecule has 0 radical (unpaired) electrons. The molecule has 2 rings (SSSR count). The second-order valence-corrected chi connectivity index (χ2v) is 5.62. The van der Waals surface area contributed by atoms with Crippen molar-refractivity contribution in [2.24, 2.45) is 5.92 Å². The molecule has 1 N–H and O–H groups in total. The van der Waals surface area contributed by atoms with E-state index in [2.05, 4.69) is 51.0 Å². The van der Waals surface area contributed by atoms with Gasteiger partial charge in [-0.2, -0.15) is 0 Å². The van der Waals surface area contributed by atoms with Crippen molar-refractivity contribution in [1.29, 1.82) is 0 Å². The smallest absolute Gasteiger partial charge is 0.0841 e. The van der Waals surface area contributed by atoms with Gasteiger partial charge in [-0.1, -0.05) is 38.1 Å². The number of aliphatic hydroxyl groups is 1. The van der Waals surface area contributed by atoms with E-state index >= 15 is 0 Å². The van der Waals surface area contributed by atoms with Gasteiger partial charge in [0.05, 0.1) is 6.10 Å². The van der Waals surface area contributed by atoms with Gasteiger partial charge in [-0.15, -0.1) is 0 Å². The van der Waals surface area contributed by atoms with Crippen molar-refractivity contribution in [2.75, 3.05) is 20.6 Å². The predicted octanol–water partition coefficient (Wildman–Crippen LogP) is 2.19. The van der Waals surface area contributed by atoms with Crippen LogP contribution in [0.3, 0.4) is 0 Å². The minimum atomic E-state index is -0.325. The molecule has 0 aliphatic heterocycles. The van der Waals surface area contributed by atoms with Gasteiger partial charge in [0.2, 0.25) is 0 Å². The summed E-state index contributed by atoms with van der Waals surface area (Å²) in [6, 6.07) is 8.27. The lowest BCUT2D eigenvalue weighted by molar-refractivity contribution is 0.0712. The van der Waals surface area contributed by atoms with E-state index in [1.54, 1.807) is 0 Å². The molecule has 2 heteroatoms. The summed E-state index contributed by atoms with van der Waals surface area (Å²) in [7, 11) is 4.12. The first-order valence-corrected chi connectivity index (χ1v) is 5.87. The summed E-state index contributed by atoms with van der Waals surface area (Å²) in [5.41, 5.74) is 2.47. The molecule has 1 aliphatic carbocycles. The molecular formula is C14H21NO. The maximum absolute atomic E-state index is 10.4. The molecule has 16 heavy (non-hydrogen) atoms. The number of benzene rings is 1. The van der Waals surface area contributed by atoms with E-state index in [0.717, 1.165) is 12.1 Å². The lowest BCUT2D eigenvalue weighted by Crippen LogP contribution is -2.34. The van der Waals surface area contributed by atoms with Crippen LogP contribution in [0.15, 0.2) is 24.3 Å². The third-order valence-corrected chi connectivity index (χ3v) is 3.84. The van der Waals surface area contributed by atoms with Crippen LogP contribution in [0.25, 0.3) is 0 Å². The van der Waals surface area contributed by atoms with Crippen LogP contribution < -0.4 is 0 Å². The fraction of sp³-hybridized carbons (Fsp3) is 0.571. The lowest BCUT2D eigenvalue weighted by atomic mass is 9.78. The van der Waals surface area contributed by atoms with E-state index in [1.807, 2.05) is 6.07 Å². The Morgan fingerprint density at radius 1 is 1.25 bits per heavy atom. The average molecular weight is 219 g/mol. The summed E-state index contributed by atoms with van der Waals surface area (Å²) in [4.78, 5) is 2.15. The van der Waals surface area contributed by atoms with Crippen LogP contribution >= 0.6 is 0 Å². The van der Waals surface area contributed by atoms with E-state index in [4.69, 9.17) is 0 Å². The summed E-state index contributed by atoms with van der Waals surface area (Å²) >= 11 is 0. The molecule has 2 atom stereocenters. The van der Waals surface area contributed by atoms with Crippen LogP contribution in [0.2, 0.25) is 0 Å². The molecule has 1 aliphatic rings. The fourth-order valence-corrected chi connectivity index (χ4v) is 2.87. The molecule has 2 nitrogen and oxygen atoms in total. The van der Waals surface area contributed by atoms with Gasteiger partial charge in [-0.3, -0.25) is 0 Å². The molecule has 0 saturated carbocycles. The highest BCUT2D eigenvalue weighted by Gasteiger charge is 2.45. The van der Waals surface area contributed by atoms with Crippen molar-refractivity contribution in [1.82, 2.24) is 4.90 Å². The lowest BCUT2D eigenvalue weighted by Gasteiger charge is -2.31. The van der Waals surface area contributed by atoms with E-state index in [1.165, 1.54) is 5.56 Å². The van der Waals surface area contributed by atoms with E-state index in [9.17, 15) is 5.11 Å². The molecule has 0 amide bonds. The zero-order valence-electron chi connectivity index (χ0n) is 10.6. The van der Waals surface area contributed by atoms with Gasteiger partial charge < -0.3 is 10.0 Å².